The average molecular weight is 421 g/mol. The summed E-state index contributed by atoms with van der Waals surface area (Å²) in [6.07, 6.45) is 4.31. The fourth-order valence-electron chi connectivity index (χ4n) is 4.55. The molecule has 31 heavy (non-hydrogen) atoms. The van der Waals surface area contributed by atoms with Crippen molar-refractivity contribution in [3.05, 3.63) is 95.6 Å². The quantitative estimate of drug-likeness (QED) is 0.388. The van der Waals surface area contributed by atoms with Gasteiger partial charge in [-0.3, -0.25) is 0 Å². The first-order valence-electron chi connectivity index (χ1n) is 10.9. The number of halogens is 3. The SMILES string of the molecule is Cc1ccc(-c2ccc(-c3ccc(C4CCC(/C(F)=C/CF)CC4)cc3)c(F)c2)cc1. The van der Waals surface area contributed by atoms with Gasteiger partial charge in [-0.15, -0.1) is 0 Å². The fourth-order valence-corrected chi connectivity index (χ4v) is 4.55. The lowest BCUT2D eigenvalue weighted by molar-refractivity contribution is 0.318. The second-order valence-corrected chi connectivity index (χ2v) is 8.47. The topological polar surface area (TPSA) is 0 Å². The van der Waals surface area contributed by atoms with Crippen LogP contribution in [0, 0.1) is 18.7 Å². The predicted molar refractivity (Wildman–Crippen MR) is 122 cm³/mol. The second-order valence-electron chi connectivity index (χ2n) is 8.47. The third kappa shape index (κ3) is 4.92. The van der Waals surface area contributed by atoms with Gasteiger partial charge in [0, 0.05) is 11.5 Å². The minimum atomic E-state index is -0.740. The van der Waals surface area contributed by atoms with E-state index >= 15 is 0 Å². The van der Waals surface area contributed by atoms with Crippen LogP contribution in [0.25, 0.3) is 22.3 Å². The Labute approximate surface area is 182 Å². The van der Waals surface area contributed by atoms with Crippen molar-refractivity contribution in [2.24, 2.45) is 5.92 Å². The van der Waals surface area contributed by atoms with E-state index in [9.17, 15) is 13.2 Å². The van der Waals surface area contributed by atoms with Gasteiger partial charge >= 0.3 is 0 Å². The zero-order valence-corrected chi connectivity index (χ0v) is 17.8. The Bertz CT molecular complexity index is 1040. The largest absolute Gasteiger partial charge is 0.246 e. The van der Waals surface area contributed by atoms with Crippen molar-refractivity contribution in [3.63, 3.8) is 0 Å². The highest BCUT2D eigenvalue weighted by atomic mass is 19.1. The first kappa shape index (κ1) is 21.4. The third-order valence-electron chi connectivity index (χ3n) is 6.44. The molecule has 1 aliphatic carbocycles. The Hall–Kier alpha value is -2.81. The monoisotopic (exact) mass is 420 g/mol. The van der Waals surface area contributed by atoms with Crippen LogP contribution in [0.5, 0.6) is 0 Å². The van der Waals surface area contributed by atoms with Crippen molar-refractivity contribution < 1.29 is 13.2 Å². The Morgan fingerprint density at radius 1 is 0.839 bits per heavy atom. The van der Waals surface area contributed by atoms with Gasteiger partial charge in [-0.25, -0.2) is 13.2 Å². The third-order valence-corrected chi connectivity index (χ3v) is 6.44. The van der Waals surface area contributed by atoms with Gasteiger partial charge in [0.05, 0.1) is 0 Å². The molecule has 0 aliphatic heterocycles. The summed E-state index contributed by atoms with van der Waals surface area (Å²) >= 11 is 0. The molecule has 0 bridgehead atoms. The van der Waals surface area contributed by atoms with E-state index in [1.54, 1.807) is 6.07 Å². The summed E-state index contributed by atoms with van der Waals surface area (Å²) in [5, 5.41) is 0. The summed E-state index contributed by atoms with van der Waals surface area (Å²) in [6.45, 7) is 1.29. The maximum absolute atomic E-state index is 14.9. The van der Waals surface area contributed by atoms with Gasteiger partial charge in [-0.1, -0.05) is 66.2 Å². The van der Waals surface area contributed by atoms with E-state index in [2.05, 4.69) is 12.1 Å². The highest BCUT2D eigenvalue weighted by Gasteiger charge is 2.25. The van der Waals surface area contributed by atoms with Crippen molar-refractivity contribution in [3.8, 4) is 22.3 Å². The van der Waals surface area contributed by atoms with E-state index in [4.69, 9.17) is 0 Å². The van der Waals surface area contributed by atoms with Gasteiger partial charge in [0.15, 0.2) is 0 Å². The minimum absolute atomic E-state index is 0.146. The van der Waals surface area contributed by atoms with Crippen molar-refractivity contribution in [2.45, 2.75) is 38.5 Å². The molecule has 0 nitrogen and oxygen atoms in total. The van der Waals surface area contributed by atoms with Gasteiger partial charge in [-0.2, -0.15) is 0 Å². The summed E-state index contributed by atoms with van der Waals surface area (Å²) in [5.41, 5.74) is 5.68. The van der Waals surface area contributed by atoms with Crippen molar-refractivity contribution in [2.75, 3.05) is 6.67 Å². The molecule has 1 aliphatic rings. The Morgan fingerprint density at radius 3 is 2.06 bits per heavy atom. The summed E-state index contributed by atoms with van der Waals surface area (Å²) in [5.74, 6) is -0.313. The molecule has 0 atom stereocenters. The van der Waals surface area contributed by atoms with Crippen LogP contribution < -0.4 is 0 Å². The minimum Gasteiger partial charge on any atom is -0.246 e. The first-order chi connectivity index (χ1) is 15.0. The van der Waals surface area contributed by atoms with Gasteiger partial charge in [0.2, 0.25) is 0 Å². The molecule has 1 saturated carbocycles. The first-order valence-corrected chi connectivity index (χ1v) is 10.9. The molecule has 0 amide bonds. The lowest BCUT2D eigenvalue weighted by Crippen LogP contribution is -2.14. The summed E-state index contributed by atoms with van der Waals surface area (Å²) in [4.78, 5) is 0. The molecule has 3 aromatic rings. The van der Waals surface area contributed by atoms with E-state index in [1.165, 1.54) is 11.1 Å². The number of alkyl halides is 1. The van der Waals surface area contributed by atoms with E-state index in [0.717, 1.165) is 48.4 Å². The summed E-state index contributed by atoms with van der Waals surface area (Å²) in [6, 6.07) is 21.5. The molecule has 0 radical (unpaired) electrons. The number of hydrogen-bond donors (Lipinski definition) is 0. The van der Waals surface area contributed by atoms with Crippen molar-refractivity contribution in [1.29, 1.82) is 0 Å². The van der Waals surface area contributed by atoms with Crippen LogP contribution in [0.1, 0.15) is 42.7 Å². The number of aryl methyl sites for hydroxylation is 1. The van der Waals surface area contributed by atoms with E-state index in [1.807, 2.05) is 55.5 Å². The van der Waals surface area contributed by atoms with Gasteiger partial charge in [0.25, 0.3) is 0 Å². The molecule has 1 fully saturated rings. The second kappa shape index (κ2) is 9.55. The molecular formula is C28H27F3. The molecular weight excluding hydrogens is 393 g/mol. The zero-order chi connectivity index (χ0) is 21.8. The lowest BCUT2D eigenvalue weighted by Gasteiger charge is -2.28. The van der Waals surface area contributed by atoms with Gasteiger partial charge in [0.1, 0.15) is 18.3 Å². The molecule has 0 heterocycles. The normalized spacial score (nSPS) is 19.4. The van der Waals surface area contributed by atoms with Crippen LogP contribution in [0.4, 0.5) is 13.2 Å². The molecule has 160 valence electrons. The van der Waals surface area contributed by atoms with Crippen LogP contribution >= 0.6 is 0 Å². The van der Waals surface area contributed by atoms with Crippen LogP contribution in [0.15, 0.2) is 78.6 Å². The Morgan fingerprint density at radius 2 is 1.45 bits per heavy atom. The van der Waals surface area contributed by atoms with Crippen LogP contribution in [0.2, 0.25) is 0 Å². The van der Waals surface area contributed by atoms with Crippen LogP contribution in [-0.4, -0.2) is 6.67 Å². The molecule has 0 aromatic heterocycles. The highest BCUT2D eigenvalue weighted by molar-refractivity contribution is 5.71. The number of hydrogen-bond acceptors (Lipinski definition) is 0. The number of benzene rings is 3. The summed E-state index contributed by atoms with van der Waals surface area (Å²) < 4.78 is 41.0. The molecule has 3 heteroatoms. The van der Waals surface area contributed by atoms with E-state index in [-0.39, 0.29) is 17.6 Å². The maximum atomic E-state index is 14.9. The van der Waals surface area contributed by atoms with Gasteiger partial charge < -0.3 is 0 Å². The van der Waals surface area contributed by atoms with E-state index < -0.39 is 6.67 Å². The van der Waals surface area contributed by atoms with Crippen LogP contribution in [0.3, 0.4) is 0 Å². The Kier molecular flexibility index (Phi) is 6.60. The molecule has 0 spiro atoms. The zero-order valence-electron chi connectivity index (χ0n) is 17.8. The molecule has 3 aromatic carbocycles. The number of allylic oxidation sites excluding steroid dienone is 2. The standard InChI is InChI=1S/C28H27F3/c1-19-2-4-22(5-3-19)25-14-15-26(28(31)18-25)23-10-6-20(7-11-23)21-8-12-24(13-9-21)27(30)16-17-29/h2-7,10-11,14-16,18,21,24H,8-9,12-13,17H2,1H3/b27-16-. The van der Waals surface area contributed by atoms with E-state index in [0.29, 0.717) is 11.5 Å². The van der Waals surface area contributed by atoms with Crippen molar-refractivity contribution >= 4 is 0 Å². The number of rotatable bonds is 5. The Balaban J connectivity index is 1.46. The predicted octanol–water partition coefficient (Wildman–Crippen LogP) is 8.56. The highest BCUT2D eigenvalue weighted by Crippen LogP contribution is 2.39. The molecule has 4 rings (SSSR count). The van der Waals surface area contributed by atoms with Crippen LogP contribution in [-0.2, 0) is 0 Å². The fraction of sp³-hybridized carbons (Fsp3) is 0.286. The summed E-state index contributed by atoms with van der Waals surface area (Å²) in [7, 11) is 0. The maximum Gasteiger partial charge on any atom is 0.131 e. The lowest BCUT2D eigenvalue weighted by atomic mass is 9.78. The molecule has 0 N–H and O–H groups in total. The smallest absolute Gasteiger partial charge is 0.131 e. The van der Waals surface area contributed by atoms with Crippen molar-refractivity contribution in [1.82, 2.24) is 0 Å². The molecule has 0 saturated heterocycles. The molecule has 0 unspecified atom stereocenters. The average Bonchev–Trinajstić information content (AvgIpc) is 2.80. The van der Waals surface area contributed by atoms with Gasteiger partial charge in [-0.05, 0) is 72.9 Å².